The molecule has 0 bridgehead atoms. The van der Waals surface area contributed by atoms with E-state index in [0.29, 0.717) is 11.4 Å². The fraction of sp³-hybridized carbons (Fsp3) is 0.500. The van der Waals surface area contributed by atoms with Crippen molar-refractivity contribution in [3.05, 3.63) is 34.9 Å². The fourth-order valence-electron chi connectivity index (χ4n) is 1.65. The van der Waals surface area contributed by atoms with Gasteiger partial charge >= 0.3 is 0 Å². The highest BCUT2D eigenvalue weighted by Crippen LogP contribution is 2.27. The van der Waals surface area contributed by atoms with Crippen LogP contribution >= 0.6 is 11.6 Å². The minimum atomic E-state index is -3.20. The maximum absolute atomic E-state index is 11.9. The standard InChI is InChI=1S/C12H18ClNO2S/c1-4-9-17(15,16)14(3)10(2)11-7-5-6-8-12(11)13/h5-8,10H,4,9H2,1-3H3. The largest absolute Gasteiger partial charge is 0.214 e. The molecule has 0 fully saturated rings. The molecule has 3 nitrogen and oxygen atoms in total. The first-order chi connectivity index (χ1) is 7.90. The highest BCUT2D eigenvalue weighted by Gasteiger charge is 2.24. The van der Waals surface area contributed by atoms with E-state index in [1.54, 1.807) is 13.1 Å². The van der Waals surface area contributed by atoms with Crippen molar-refractivity contribution in [2.45, 2.75) is 26.3 Å². The van der Waals surface area contributed by atoms with Gasteiger partial charge in [-0.3, -0.25) is 0 Å². The molecular weight excluding hydrogens is 258 g/mol. The second-order valence-electron chi connectivity index (χ2n) is 4.03. The average molecular weight is 276 g/mol. The number of sulfonamides is 1. The number of hydrogen-bond donors (Lipinski definition) is 0. The summed E-state index contributed by atoms with van der Waals surface area (Å²) in [6, 6.07) is 7.07. The van der Waals surface area contributed by atoms with Gasteiger partial charge in [0, 0.05) is 18.1 Å². The van der Waals surface area contributed by atoms with Crippen LogP contribution in [0, 0.1) is 0 Å². The number of benzene rings is 1. The average Bonchev–Trinajstić information content (AvgIpc) is 2.27. The molecule has 96 valence electrons. The summed E-state index contributed by atoms with van der Waals surface area (Å²) in [6.45, 7) is 3.69. The van der Waals surface area contributed by atoms with Crippen LogP contribution in [0.5, 0.6) is 0 Å². The van der Waals surface area contributed by atoms with Crippen LogP contribution in [-0.4, -0.2) is 25.5 Å². The van der Waals surface area contributed by atoms with E-state index >= 15 is 0 Å². The van der Waals surface area contributed by atoms with Crippen molar-refractivity contribution in [1.82, 2.24) is 4.31 Å². The van der Waals surface area contributed by atoms with Gasteiger partial charge in [-0.15, -0.1) is 0 Å². The van der Waals surface area contributed by atoms with Crippen LogP contribution < -0.4 is 0 Å². The molecule has 0 amide bonds. The van der Waals surface area contributed by atoms with Crippen molar-refractivity contribution in [3.8, 4) is 0 Å². The minimum absolute atomic E-state index is 0.165. The van der Waals surface area contributed by atoms with Crippen molar-refractivity contribution in [2.24, 2.45) is 0 Å². The monoisotopic (exact) mass is 275 g/mol. The van der Waals surface area contributed by atoms with Crippen molar-refractivity contribution in [1.29, 1.82) is 0 Å². The van der Waals surface area contributed by atoms with Gasteiger partial charge in [-0.1, -0.05) is 36.7 Å². The highest BCUT2D eigenvalue weighted by atomic mass is 35.5. The number of nitrogens with zero attached hydrogens (tertiary/aromatic N) is 1. The molecule has 1 rings (SSSR count). The summed E-state index contributed by atoms with van der Waals surface area (Å²) in [6.07, 6.45) is 0.613. The van der Waals surface area contributed by atoms with Crippen LogP contribution in [0.3, 0.4) is 0 Å². The van der Waals surface area contributed by atoms with Crippen molar-refractivity contribution < 1.29 is 8.42 Å². The molecule has 5 heteroatoms. The Morgan fingerprint density at radius 3 is 2.47 bits per heavy atom. The van der Waals surface area contributed by atoms with Crippen molar-refractivity contribution in [3.63, 3.8) is 0 Å². The molecule has 17 heavy (non-hydrogen) atoms. The molecule has 0 aromatic heterocycles. The van der Waals surface area contributed by atoms with Gasteiger partial charge in [0.15, 0.2) is 0 Å². The lowest BCUT2D eigenvalue weighted by Gasteiger charge is -2.25. The van der Waals surface area contributed by atoms with Crippen LogP contribution in [0.1, 0.15) is 31.9 Å². The van der Waals surface area contributed by atoms with E-state index in [9.17, 15) is 8.42 Å². The van der Waals surface area contributed by atoms with Crippen LogP contribution in [0.4, 0.5) is 0 Å². The Kier molecular flexibility index (Phi) is 4.98. The Morgan fingerprint density at radius 2 is 1.94 bits per heavy atom. The van der Waals surface area contributed by atoms with Crippen LogP contribution in [0.25, 0.3) is 0 Å². The van der Waals surface area contributed by atoms with Gasteiger partial charge in [0.05, 0.1) is 5.75 Å². The SMILES string of the molecule is CCCS(=O)(=O)N(C)C(C)c1ccccc1Cl. The summed E-state index contributed by atoms with van der Waals surface area (Å²) in [7, 11) is -1.60. The first-order valence-electron chi connectivity index (χ1n) is 5.60. The van der Waals surface area contributed by atoms with Crippen LogP contribution in [0.15, 0.2) is 24.3 Å². The lowest BCUT2D eigenvalue weighted by atomic mass is 10.1. The lowest BCUT2D eigenvalue weighted by molar-refractivity contribution is 0.398. The van der Waals surface area contributed by atoms with E-state index < -0.39 is 10.0 Å². The molecule has 1 atom stereocenters. The van der Waals surface area contributed by atoms with E-state index in [-0.39, 0.29) is 11.8 Å². The summed E-state index contributed by atoms with van der Waals surface area (Å²) < 4.78 is 25.3. The molecule has 1 aromatic carbocycles. The second-order valence-corrected chi connectivity index (χ2v) is 6.58. The Balaban J connectivity index is 2.99. The van der Waals surface area contributed by atoms with Crippen LogP contribution in [-0.2, 0) is 10.0 Å². The fourth-order valence-corrected chi connectivity index (χ4v) is 3.35. The van der Waals surface area contributed by atoms with Crippen LogP contribution in [0.2, 0.25) is 5.02 Å². The molecular formula is C12H18ClNO2S. The molecule has 0 aliphatic rings. The smallest absolute Gasteiger partial charge is 0.212 e. The molecule has 0 heterocycles. The third kappa shape index (κ3) is 3.44. The third-order valence-electron chi connectivity index (χ3n) is 2.80. The van der Waals surface area contributed by atoms with E-state index in [0.717, 1.165) is 5.56 Å². The van der Waals surface area contributed by atoms with Gasteiger partial charge in [-0.05, 0) is 25.0 Å². The third-order valence-corrected chi connectivity index (χ3v) is 5.26. The maximum atomic E-state index is 11.9. The quantitative estimate of drug-likeness (QED) is 0.828. The number of halogens is 1. The van der Waals surface area contributed by atoms with E-state index in [2.05, 4.69) is 0 Å². The molecule has 0 aliphatic carbocycles. The lowest BCUT2D eigenvalue weighted by Crippen LogP contribution is -2.31. The Bertz CT molecular complexity index is 473. The maximum Gasteiger partial charge on any atom is 0.214 e. The van der Waals surface area contributed by atoms with Gasteiger partial charge in [0.25, 0.3) is 0 Å². The summed E-state index contributed by atoms with van der Waals surface area (Å²) in [5.74, 6) is 0.165. The zero-order valence-corrected chi connectivity index (χ0v) is 11.9. The molecule has 0 saturated heterocycles. The molecule has 0 N–H and O–H groups in total. The predicted octanol–water partition coefficient (Wildman–Crippen LogP) is 3.07. The highest BCUT2D eigenvalue weighted by molar-refractivity contribution is 7.89. The summed E-state index contributed by atoms with van der Waals surface area (Å²) in [4.78, 5) is 0. The Hall–Kier alpha value is -0.580. The molecule has 0 spiro atoms. The first-order valence-corrected chi connectivity index (χ1v) is 7.59. The van der Waals surface area contributed by atoms with Gasteiger partial charge < -0.3 is 0 Å². The topological polar surface area (TPSA) is 37.4 Å². The normalized spacial score (nSPS) is 13.9. The van der Waals surface area contributed by atoms with Gasteiger partial charge in [-0.25, -0.2) is 8.42 Å². The molecule has 1 unspecified atom stereocenters. The summed E-state index contributed by atoms with van der Waals surface area (Å²) in [5.41, 5.74) is 0.830. The second kappa shape index (κ2) is 5.85. The van der Waals surface area contributed by atoms with Gasteiger partial charge in [0.2, 0.25) is 10.0 Å². The number of rotatable bonds is 5. The predicted molar refractivity (Wildman–Crippen MR) is 71.7 cm³/mol. The van der Waals surface area contributed by atoms with Crippen molar-refractivity contribution >= 4 is 21.6 Å². The Morgan fingerprint density at radius 1 is 1.35 bits per heavy atom. The van der Waals surface area contributed by atoms with Gasteiger partial charge in [0.1, 0.15) is 0 Å². The zero-order chi connectivity index (χ0) is 13.1. The summed E-state index contributed by atoms with van der Waals surface area (Å²) in [5, 5.41) is 0.596. The molecule has 1 aromatic rings. The molecule has 0 aliphatic heterocycles. The summed E-state index contributed by atoms with van der Waals surface area (Å²) >= 11 is 6.07. The van der Waals surface area contributed by atoms with Crippen molar-refractivity contribution in [2.75, 3.05) is 12.8 Å². The van der Waals surface area contributed by atoms with Gasteiger partial charge in [-0.2, -0.15) is 4.31 Å². The minimum Gasteiger partial charge on any atom is -0.212 e. The van der Waals surface area contributed by atoms with E-state index in [1.807, 2.05) is 32.0 Å². The first kappa shape index (κ1) is 14.5. The molecule has 0 radical (unpaired) electrons. The Labute approximate surface area is 108 Å². The van der Waals surface area contributed by atoms with E-state index in [1.165, 1.54) is 4.31 Å². The number of hydrogen-bond acceptors (Lipinski definition) is 2. The molecule has 0 saturated carbocycles. The zero-order valence-electron chi connectivity index (χ0n) is 10.4. The van der Waals surface area contributed by atoms with E-state index in [4.69, 9.17) is 11.6 Å².